The first kappa shape index (κ1) is 50.8. The van der Waals surface area contributed by atoms with Gasteiger partial charge >= 0.3 is 51.4 Å². The maximum atomic E-state index is 9.58. The van der Waals surface area contributed by atoms with Crippen molar-refractivity contribution in [3.8, 4) is 0 Å². The standard InChI is InChI=1S/C11H30O3Si3.C6H18O3Si2.C6H16O2Si2.C5H14OSi/c1-9-12-16(7,10-2)14-17(8,11-3)13-15(4,5)6;1-5-10(3,7)9-11(4,8)6-2;1-5-9(3)7-10(4,6-2)8-9;1-5-6-7(2,3)4/h9-11H2,1-8H3;7-8H,5-6H2,1-4H3;5-6H2,1-4H3;5H2,1-4H3. The Morgan fingerprint density at radius 1 is 0.467 bits per heavy atom. The molecule has 45 heavy (non-hydrogen) atoms. The van der Waals surface area contributed by atoms with Crippen LogP contribution < -0.4 is 0 Å². The Balaban J connectivity index is -0.000000550. The average Bonchev–Trinajstić information content (AvgIpc) is 2.86. The van der Waals surface area contributed by atoms with E-state index in [-0.39, 0.29) is 0 Å². The Hall–Kier alpha value is 1.38. The molecule has 0 aliphatic carbocycles. The molecule has 0 aromatic carbocycles. The summed E-state index contributed by atoms with van der Waals surface area (Å²) in [5.74, 6) is 0. The molecule has 1 aliphatic heterocycles. The van der Waals surface area contributed by atoms with Crippen molar-refractivity contribution in [2.24, 2.45) is 0 Å². The molecule has 2 N–H and O–H groups in total. The van der Waals surface area contributed by atoms with Gasteiger partial charge in [0.2, 0.25) is 0 Å². The first-order valence-electron chi connectivity index (χ1n) is 17.3. The van der Waals surface area contributed by atoms with Crippen LogP contribution in [0, 0.1) is 0 Å². The van der Waals surface area contributed by atoms with Crippen molar-refractivity contribution in [3.05, 3.63) is 0 Å². The molecule has 1 saturated heterocycles. The largest absolute Gasteiger partial charge is 0.437 e. The van der Waals surface area contributed by atoms with E-state index in [0.29, 0.717) is 12.1 Å². The topological polar surface area (TPSA) is 105 Å². The van der Waals surface area contributed by atoms with Crippen LogP contribution in [0.1, 0.15) is 55.4 Å². The Kier molecular flexibility index (Phi) is 24.3. The van der Waals surface area contributed by atoms with Gasteiger partial charge in [0.05, 0.1) is 0 Å². The van der Waals surface area contributed by atoms with Crippen LogP contribution >= 0.6 is 0 Å². The van der Waals surface area contributed by atoms with Crippen molar-refractivity contribution in [2.75, 3.05) is 13.2 Å². The smallest absolute Gasteiger partial charge is 0.325 e. The molecule has 0 spiro atoms. The van der Waals surface area contributed by atoms with Crippen LogP contribution in [0.25, 0.3) is 0 Å². The Morgan fingerprint density at radius 3 is 1.02 bits per heavy atom. The molecule has 276 valence electrons. The second-order valence-corrected chi connectivity index (χ2v) is 45.7. The molecule has 1 fully saturated rings. The highest BCUT2D eigenvalue weighted by Crippen LogP contribution is 2.35. The molecule has 17 heteroatoms. The zero-order chi connectivity index (χ0) is 36.6. The zero-order valence-corrected chi connectivity index (χ0v) is 41.4. The molecule has 1 heterocycles. The molecule has 0 amide bonds. The highest BCUT2D eigenvalue weighted by atomic mass is 28.5. The van der Waals surface area contributed by atoms with Crippen molar-refractivity contribution in [3.63, 3.8) is 0 Å². The van der Waals surface area contributed by atoms with Crippen LogP contribution in [0.15, 0.2) is 0 Å². The van der Waals surface area contributed by atoms with Crippen LogP contribution in [0.5, 0.6) is 0 Å². The van der Waals surface area contributed by atoms with Gasteiger partial charge in [0.25, 0.3) is 0 Å². The van der Waals surface area contributed by atoms with E-state index in [1.54, 1.807) is 13.1 Å². The molecule has 0 radical (unpaired) electrons. The summed E-state index contributed by atoms with van der Waals surface area (Å²) in [4.78, 5) is 19.2. The van der Waals surface area contributed by atoms with Crippen molar-refractivity contribution < 1.29 is 39.0 Å². The van der Waals surface area contributed by atoms with Gasteiger partial charge in [0, 0.05) is 13.2 Å². The van der Waals surface area contributed by atoms with E-state index >= 15 is 0 Å². The average molecular weight is 784 g/mol. The number of rotatable bonds is 16. The molecule has 9 nitrogen and oxygen atoms in total. The molecule has 0 saturated carbocycles. The highest BCUT2D eigenvalue weighted by molar-refractivity contribution is 6.93. The van der Waals surface area contributed by atoms with E-state index in [1.807, 2.05) is 27.7 Å². The van der Waals surface area contributed by atoms with Crippen molar-refractivity contribution in [1.29, 1.82) is 0 Å². The zero-order valence-electron chi connectivity index (χ0n) is 33.4. The van der Waals surface area contributed by atoms with E-state index in [1.165, 1.54) is 0 Å². The summed E-state index contributed by atoms with van der Waals surface area (Å²) in [6, 6.07) is 5.43. The molecule has 4 unspecified atom stereocenters. The first-order valence-corrected chi connectivity index (χ1v) is 39.3. The van der Waals surface area contributed by atoms with Gasteiger partial charge in [-0.05, 0) is 129 Å². The fraction of sp³-hybridized carbons (Fsp3) is 1.00. The summed E-state index contributed by atoms with van der Waals surface area (Å²) < 4.78 is 41.0. The van der Waals surface area contributed by atoms with Gasteiger partial charge in [-0.1, -0.05) is 41.5 Å². The Bertz CT molecular complexity index is 748. The number of hydrogen-bond acceptors (Lipinski definition) is 9. The van der Waals surface area contributed by atoms with Gasteiger partial charge in [0.15, 0.2) is 16.6 Å². The van der Waals surface area contributed by atoms with Crippen LogP contribution in [-0.2, 0) is 29.4 Å². The van der Waals surface area contributed by atoms with Crippen LogP contribution in [0.2, 0.25) is 115 Å². The van der Waals surface area contributed by atoms with Gasteiger partial charge in [-0.15, -0.1) is 0 Å². The Labute approximate surface area is 289 Å². The number of hydrogen-bond donors (Lipinski definition) is 2. The minimum absolute atomic E-state index is 0.635. The predicted molar refractivity (Wildman–Crippen MR) is 212 cm³/mol. The molecular formula is C28H78O9Si8. The molecule has 1 rings (SSSR count). The Morgan fingerprint density at radius 2 is 0.822 bits per heavy atom. The maximum Gasteiger partial charge on any atom is 0.325 e. The quantitative estimate of drug-likeness (QED) is 0.148. The minimum atomic E-state index is -2.52. The summed E-state index contributed by atoms with van der Waals surface area (Å²) in [7, 11) is -15.0. The lowest BCUT2D eigenvalue weighted by Gasteiger charge is -2.49. The van der Waals surface area contributed by atoms with Crippen molar-refractivity contribution in [1.82, 2.24) is 0 Å². The van der Waals surface area contributed by atoms with E-state index in [4.69, 9.17) is 29.4 Å². The van der Waals surface area contributed by atoms with Gasteiger partial charge in [-0.25, -0.2) is 0 Å². The summed E-state index contributed by atoms with van der Waals surface area (Å²) in [6.07, 6.45) is 0. The third-order valence-electron chi connectivity index (χ3n) is 7.17. The van der Waals surface area contributed by atoms with E-state index < -0.39 is 68.0 Å². The highest BCUT2D eigenvalue weighted by Gasteiger charge is 2.54. The molecule has 0 aromatic heterocycles. The van der Waals surface area contributed by atoms with Gasteiger partial charge in [0.1, 0.15) is 0 Å². The lowest BCUT2D eigenvalue weighted by molar-refractivity contribution is 0.224. The second kappa shape index (κ2) is 21.6. The van der Waals surface area contributed by atoms with Crippen molar-refractivity contribution in [2.45, 2.75) is 170 Å². The molecule has 0 bridgehead atoms. The summed E-state index contributed by atoms with van der Waals surface area (Å²) in [5, 5.41) is 0. The van der Waals surface area contributed by atoms with E-state index in [2.05, 4.69) is 93.2 Å². The van der Waals surface area contributed by atoms with Gasteiger partial charge in [-0.2, -0.15) is 0 Å². The summed E-state index contributed by atoms with van der Waals surface area (Å²) in [5.41, 5.74) is 0. The predicted octanol–water partition coefficient (Wildman–Crippen LogP) is 9.32. The van der Waals surface area contributed by atoms with Crippen LogP contribution in [0.3, 0.4) is 0 Å². The lowest BCUT2D eigenvalue weighted by atomic mass is 10.9. The van der Waals surface area contributed by atoms with Crippen LogP contribution in [-0.4, -0.2) is 90.8 Å². The monoisotopic (exact) mass is 782 g/mol. The lowest BCUT2D eigenvalue weighted by Crippen LogP contribution is -2.66. The molecule has 1 aliphatic rings. The van der Waals surface area contributed by atoms with E-state index in [0.717, 1.165) is 37.4 Å². The molecule has 4 atom stereocenters. The van der Waals surface area contributed by atoms with Gasteiger partial charge < -0.3 is 39.0 Å². The normalized spacial score (nSPS) is 25.2. The fourth-order valence-electron chi connectivity index (χ4n) is 4.04. The van der Waals surface area contributed by atoms with Gasteiger partial charge in [-0.3, -0.25) is 0 Å². The van der Waals surface area contributed by atoms with Crippen LogP contribution in [0.4, 0.5) is 0 Å². The first-order chi connectivity index (χ1) is 20.0. The second-order valence-electron chi connectivity index (χ2n) is 14.6. The van der Waals surface area contributed by atoms with Crippen molar-refractivity contribution >= 4 is 68.0 Å². The minimum Gasteiger partial charge on any atom is -0.437 e. The third kappa shape index (κ3) is 25.9. The fourth-order valence-corrected chi connectivity index (χ4v) is 31.7. The third-order valence-corrected chi connectivity index (χ3v) is 35.0. The maximum absolute atomic E-state index is 9.58. The van der Waals surface area contributed by atoms with E-state index in [9.17, 15) is 9.59 Å². The summed E-state index contributed by atoms with van der Waals surface area (Å²) in [6.45, 7) is 43.4. The summed E-state index contributed by atoms with van der Waals surface area (Å²) >= 11 is 0. The molecular weight excluding hydrogens is 705 g/mol. The molecule has 0 aromatic rings. The SMILES string of the molecule is CCO[Si](C)(C)C.CCO[Si](C)(CC)O[Si](C)(CC)O[Si](C)(C)C.CC[Si](C)(O)O[Si](C)(O)CC.CC[Si]1(C)O[Si](C)(CC)O1.